The highest BCUT2D eigenvalue weighted by atomic mass is 16.2. The third-order valence-electron chi connectivity index (χ3n) is 5.06. The molecule has 6 heteroatoms. The zero-order valence-electron chi connectivity index (χ0n) is 16.1. The van der Waals surface area contributed by atoms with Gasteiger partial charge in [-0.25, -0.2) is 0 Å². The van der Waals surface area contributed by atoms with E-state index < -0.39 is 0 Å². The normalized spacial score (nSPS) is 18.6. The van der Waals surface area contributed by atoms with E-state index in [0.717, 1.165) is 57.5 Å². The fraction of sp³-hybridized carbons (Fsp3) is 0.524. The van der Waals surface area contributed by atoms with E-state index in [1.807, 2.05) is 12.1 Å². The molecule has 6 nitrogen and oxygen atoms in total. The van der Waals surface area contributed by atoms with Crippen molar-refractivity contribution in [3.8, 4) is 0 Å². The van der Waals surface area contributed by atoms with Crippen LogP contribution in [-0.4, -0.2) is 74.0 Å². The van der Waals surface area contributed by atoms with Gasteiger partial charge in [0.25, 0.3) is 5.91 Å². The van der Waals surface area contributed by atoms with E-state index in [-0.39, 0.29) is 11.8 Å². The summed E-state index contributed by atoms with van der Waals surface area (Å²) in [7, 11) is 2.15. The van der Waals surface area contributed by atoms with E-state index in [1.54, 1.807) is 24.3 Å². The van der Waals surface area contributed by atoms with Crippen LogP contribution in [-0.2, 0) is 4.79 Å². The predicted octanol–water partition coefficient (Wildman–Crippen LogP) is 1.35. The highest BCUT2D eigenvalue weighted by Crippen LogP contribution is 2.19. The molecule has 1 saturated heterocycles. The quantitative estimate of drug-likeness (QED) is 0.536. The number of carbonyl (C=O) groups excluding carboxylic acids is 2. The number of piperazine rings is 1. The molecular weight excluding hydrogens is 340 g/mol. The Kier molecular flexibility index (Phi) is 7.01. The van der Waals surface area contributed by atoms with Gasteiger partial charge in [-0.3, -0.25) is 9.59 Å². The molecule has 2 aliphatic rings. The second-order valence-electron chi connectivity index (χ2n) is 7.49. The van der Waals surface area contributed by atoms with Gasteiger partial charge in [-0.2, -0.15) is 0 Å². The molecule has 1 aromatic carbocycles. The molecular formula is C21H30N4O2. The average Bonchev–Trinajstić information content (AvgIpc) is 3.49. The maximum Gasteiger partial charge on any atom is 0.251 e. The van der Waals surface area contributed by atoms with Gasteiger partial charge >= 0.3 is 0 Å². The average molecular weight is 370 g/mol. The first kappa shape index (κ1) is 19.6. The Labute approximate surface area is 161 Å². The lowest BCUT2D eigenvalue weighted by Gasteiger charge is -2.32. The summed E-state index contributed by atoms with van der Waals surface area (Å²) in [5, 5.41) is 5.90. The van der Waals surface area contributed by atoms with Crippen LogP contribution in [0.15, 0.2) is 30.3 Å². The summed E-state index contributed by atoms with van der Waals surface area (Å²) in [6.45, 7) is 6.18. The Morgan fingerprint density at radius 1 is 1.11 bits per heavy atom. The summed E-state index contributed by atoms with van der Waals surface area (Å²) < 4.78 is 0. The number of carbonyl (C=O) groups is 2. The number of nitrogens with one attached hydrogen (secondary N) is 2. The Morgan fingerprint density at radius 2 is 1.81 bits per heavy atom. The second-order valence-corrected chi connectivity index (χ2v) is 7.49. The molecule has 1 aliphatic carbocycles. The minimum absolute atomic E-state index is 0.0221. The van der Waals surface area contributed by atoms with Crippen molar-refractivity contribution >= 4 is 17.9 Å². The minimum atomic E-state index is -0.0797. The van der Waals surface area contributed by atoms with Crippen molar-refractivity contribution in [3.05, 3.63) is 41.5 Å². The van der Waals surface area contributed by atoms with Crippen LogP contribution in [0.3, 0.4) is 0 Å². The minimum Gasteiger partial charge on any atom is -0.353 e. The Morgan fingerprint density at radius 3 is 2.48 bits per heavy atom. The van der Waals surface area contributed by atoms with Gasteiger partial charge in [0, 0.05) is 50.4 Å². The van der Waals surface area contributed by atoms with Gasteiger partial charge in [-0.05, 0) is 56.6 Å². The molecule has 0 atom stereocenters. The van der Waals surface area contributed by atoms with Crippen LogP contribution < -0.4 is 10.6 Å². The molecule has 1 aromatic rings. The lowest BCUT2D eigenvalue weighted by molar-refractivity contribution is -0.116. The van der Waals surface area contributed by atoms with Gasteiger partial charge in [0.05, 0.1) is 0 Å². The fourth-order valence-corrected chi connectivity index (χ4v) is 3.06. The summed E-state index contributed by atoms with van der Waals surface area (Å²) in [5.74, 6) is -0.102. The number of rotatable bonds is 8. The third-order valence-corrected chi connectivity index (χ3v) is 5.06. The van der Waals surface area contributed by atoms with Crippen LogP contribution in [0.4, 0.5) is 0 Å². The van der Waals surface area contributed by atoms with Gasteiger partial charge in [0.1, 0.15) is 0 Å². The summed E-state index contributed by atoms with van der Waals surface area (Å²) >= 11 is 0. The molecule has 1 aliphatic heterocycles. The molecule has 0 bridgehead atoms. The molecule has 1 heterocycles. The molecule has 2 fully saturated rings. The number of likely N-dealkylation sites (N-methyl/N-ethyl adjacent to an activating group) is 1. The molecule has 3 rings (SSSR count). The zero-order valence-corrected chi connectivity index (χ0v) is 16.1. The van der Waals surface area contributed by atoms with Gasteiger partial charge in [0.15, 0.2) is 0 Å². The summed E-state index contributed by atoms with van der Waals surface area (Å²) in [6.07, 6.45) is 6.45. The van der Waals surface area contributed by atoms with Gasteiger partial charge in [-0.1, -0.05) is 12.1 Å². The van der Waals surface area contributed by atoms with E-state index in [9.17, 15) is 9.59 Å². The highest BCUT2D eigenvalue weighted by Gasteiger charge is 2.23. The van der Waals surface area contributed by atoms with Gasteiger partial charge in [0.2, 0.25) is 5.91 Å². The van der Waals surface area contributed by atoms with E-state index >= 15 is 0 Å². The largest absolute Gasteiger partial charge is 0.353 e. The van der Waals surface area contributed by atoms with E-state index in [0.29, 0.717) is 18.2 Å². The number of hydrogen-bond acceptors (Lipinski definition) is 4. The Hall–Kier alpha value is -2.18. The Balaban J connectivity index is 1.33. The first-order chi connectivity index (χ1) is 13.1. The smallest absolute Gasteiger partial charge is 0.251 e. The van der Waals surface area contributed by atoms with Gasteiger partial charge in [-0.15, -0.1) is 0 Å². The zero-order chi connectivity index (χ0) is 19.1. The van der Waals surface area contributed by atoms with Crippen LogP contribution in [0, 0.1) is 0 Å². The summed E-state index contributed by atoms with van der Waals surface area (Å²) in [5.41, 5.74) is 1.57. The molecule has 0 unspecified atom stereocenters. The maximum atomic E-state index is 12.0. The van der Waals surface area contributed by atoms with Gasteiger partial charge < -0.3 is 20.4 Å². The topological polar surface area (TPSA) is 64.7 Å². The first-order valence-electron chi connectivity index (χ1n) is 9.88. The van der Waals surface area contributed by atoms with E-state index in [1.165, 1.54) is 0 Å². The first-order valence-corrected chi connectivity index (χ1v) is 9.88. The molecule has 1 saturated carbocycles. The van der Waals surface area contributed by atoms with Crippen LogP contribution in [0.2, 0.25) is 0 Å². The monoisotopic (exact) mass is 370 g/mol. The Bertz CT molecular complexity index is 659. The molecule has 0 radical (unpaired) electrons. The van der Waals surface area contributed by atoms with Crippen molar-refractivity contribution in [2.75, 3.05) is 46.3 Å². The lowest BCUT2D eigenvalue weighted by atomic mass is 10.1. The van der Waals surface area contributed by atoms with Crippen molar-refractivity contribution in [1.82, 2.24) is 20.4 Å². The second kappa shape index (κ2) is 9.67. The predicted molar refractivity (Wildman–Crippen MR) is 108 cm³/mol. The van der Waals surface area contributed by atoms with E-state index in [4.69, 9.17) is 0 Å². The number of benzene rings is 1. The standard InChI is InChI=1S/C21H30N4O2/c1-24-13-15-25(16-14-24)12-2-11-22-20(26)10-5-17-3-6-18(7-4-17)21(27)23-19-8-9-19/h3-7,10,19H,2,8-9,11-16H2,1H3,(H,22,26)(H,23,27)/b10-5+. The number of nitrogens with zero attached hydrogens (tertiary/aromatic N) is 2. The van der Waals surface area contributed by atoms with E-state index in [2.05, 4.69) is 27.5 Å². The van der Waals surface area contributed by atoms with Crippen molar-refractivity contribution in [3.63, 3.8) is 0 Å². The summed E-state index contributed by atoms with van der Waals surface area (Å²) in [4.78, 5) is 28.7. The van der Waals surface area contributed by atoms with Crippen LogP contribution in [0.25, 0.3) is 6.08 Å². The highest BCUT2D eigenvalue weighted by molar-refractivity contribution is 5.95. The molecule has 146 valence electrons. The molecule has 2 amide bonds. The number of hydrogen-bond donors (Lipinski definition) is 2. The van der Waals surface area contributed by atoms with Crippen molar-refractivity contribution in [2.24, 2.45) is 0 Å². The third kappa shape index (κ3) is 6.81. The molecule has 0 aromatic heterocycles. The SMILES string of the molecule is CN1CCN(CCCNC(=O)/C=C/c2ccc(C(=O)NC3CC3)cc2)CC1. The molecule has 2 N–H and O–H groups in total. The molecule has 27 heavy (non-hydrogen) atoms. The lowest BCUT2D eigenvalue weighted by Crippen LogP contribution is -2.45. The maximum absolute atomic E-state index is 12.0. The van der Waals surface area contributed by atoms with Crippen molar-refractivity contribution in [1.29, 1.82) is 0 Å². The summed E-state index contributed by atoms with van der Waals surface area (Å²) in [6, 6.07) is 7.67. The van der Waals surface area contributed by atoms with Crippen LogP contribution in [0.5, 0.6) is 0 Å². The number of amides is 2. The van der Waals surface area contributed by atoms with Crippen LogP contribution in [0.1, 0.15) is 35.2 Å². The fourth-order valence-electron chi connectivity index (χ4n) is 3.06. The van der Waals surface area contributed by atoms with Crippen molar-refractivity contribution < 1.29 is 9.59 Å². The van der Waals surface area contributed by atoms with Crippen LogP contribution >= 0.6 is 0 Å². The van der Waals surface area contributed by atoms with Crippen molar-refractivity contribution in [2.45, 2.75) is 25.3 Å². The molecule has 0 spiro atoms.